The van der Waals surface area contributed by atoms with E-state index in [1.807, 2.05) is 39.0 Å². The number of pyridine rings is 1. The van der Waals surface area contributed by atoms with Crippen LogP contribution < -0.4 is 14.8 Å². The molecule has 2 aromatic heterocycles. The standard InChI is InChI=1S/C35H46N4O4S.C4H8O2.C2H6/c1-21(2)30-19-44-35(38-30)29-18-32(26-12-13-31(42-6)23(4)33(26)36-29)43-25-15-22(3)27(17-25)34(41)37-28-16-24(28)11-9-7-8-10-14-39(5)20-40;1-3-6-4(2)5;1-2/h9,11-13,18-22,24-25,27-28H,7-8,10,14-17H2,1-6H3,(H,37,41);3H2,1-2H3;1-2H3/b11-9-;;/t22?,24-,25+,27-,28-;;/m1../s1. The van der Waals surface area contributed by atoms with Crippen molar-refractivity contribution in [2.75, 3.05) is 27.3 Å². The van der Waals surface area contributed by atoms with E-state index < -0.39 is 0 Å². The molecule has 10 nitrogen and oxygen atoms in total. The van der Waals surface area contributed by atoms with Crippen molar-refractivity contribution in [1.82, 2.24) is 20.2 Å². The lowest BCUT2D eigenvalue weighted by molar-refractivity contribution is -0.140. The van der Waals surface area contributed by atoms with Crippen LogP contribution in [0.5, 0.6) is 11.5 Å². The third-order valence-electron chi connectivity index (χ3n) is 9.38. The predicted octanol–water partition coefficient (Wildman–Crippen LogP) is 8.51. The molecule has 5 rings (SSSR count). The van der Waals surface area contributed by atoms with Crippen molar-refractivity contribution in [1.29, 1.82) is 0 Å². The van der Waals surface area contributed by atoms with E-state index in [4.69, 9.17) is 19.4 Å². The number of unbranched alkanes of at least 4 members (excludes halogenated alkanes) is 2. The number of carbonyl (C=O) groups excluding carboxylic acids is 3. The Bertz CT molecular complexity index is 1640. The summed E-state index contributed by atoms with van der Waals surface area (Å²) < 4.78 is 16.7. The number of aromatic nitrogens is 2. The van der Waals surface area contributed by atoms with Crippen molar-refractivity contribution in [2.24, 2.45) is 17.8 Å². The van der Waals surface area contributed by atoms with Crippen molar-refractivity contribution >= 4 is 40.5 Å². The molecule has 0 radical (unpaired) electrons. The molecule has 0 spiro atoms. The molecular formula is C41H60N4O6S. The van der Waals surface area contributed by atoms with Crippen molar-refractivity contribution in [3.63, 3.8) is 0 Å². The molecule has 2 aliphatic rings. The van der Waals surface area contributed by atoms with Gasteiger partial charge in [0, 0.05) is 54.9 Å². The van der Waals surface area contributed by atoms with Crippen LogP contribution in [0.1, 0.15) is 104 Å². The molecule has 52 heavy (non-hydrogen) atoms. The van der Waals surface area contributed by atoms with E-state index in [0.29, 0.717) is 24.9 Å². The lowest BCUT2D eigenvalue weighted by Gasteiger charge is -2.18. The number of ether oxygens (including phenoxy) is 3. The third-order valence-corrected chi connectivity index (χ3v) is 10.3. The summed E-state index contributed by atoms with van der Waals surface area (Å²) >= 11 is 1.60. The first-order valence-corrected chi connectivity index (χ1v) is 19.7. The smallest absolute Gasteiger partial charge is 0.302 e. The molecule has 0 bridgehead atoms. The Labute approximate surface area is 314 Å². The molecule has 1 N–H and O–H groups in total. The summed E-state index contributed by atoms with van der Waals surface area (Å²) in [7, 11) is 3.48. The minimum atomic E-state index is -0.211. The molecule has 1 aromatic carbocycles. The number of fused-ring (bicyclic) bond motifs is 1. The predicted molar refractivity (Wildman–Crippen MR) is 210 cm³/mol. The van der Waals surface area contributed by atoms with E-state index in [0.717, 1.165) is 89.4 Å². The van der Waals surface area contributed by atoms with Gasteiger partial charge in [0.2, 0.25) is 12.3 Å². The number of nitrogens with zero attached hydrogens (tertiary/aromatic N) is 3. The van der Waals surface area contributed by atoms with Crippen LogP contribution in [-0.2, 0) is 19.1 Å². The van der Waals surface area contributed by atoms with Crippen molar-refractivity contribution < 1.29 is 28.6 Å². The zero-order chi connectivity index (χ0) is 38.4. The number of methoxy groups -OCH3 is 1. The number of benzene rings is 1. The molecular weight excluding hydrogens is 677 g/mol. The van der Waals surface area contributed by atoms with Crippen LogP contribution in [0.2, 0.25) is 0 Å². The average molecular weight is 737 g/mol. The second-order valence-electron chi connectivity index (χ2n) is 13.8. The highest BCUT2D eigenvalue weighted by Gasteiger charge is 2.42. The van der Waals surface area contributed by atoms with Gasteiger partial charge in [-0.1, -0.05) is 46.8 Å². The van der Waals surface area contributed by atoms with Crippen molar-refractivity contribution in [2.45, 2.75) is 112 Å². The number of hydrogen-bond acceptors (Lipinski definition) is 9. The van der Waals surface area contributed by atoms with Gasteiger partial charge < -0.3 is 24.4 Å². The second kappa shape index (κ2) is 20.9. The first-order chi connectivity index (χ1) is 24.9. The van der Waals surface area contributed by atoms with Gasteiger partial charge >= 0.3 is 5.97 Å². The number of rotatable bonds is 15. The molecule has 0 aliphatic heterocycles. The quantitative estimate of drug-likeness (QED) is 0.0714. The molecule has 2 amide bonds. The fraction of sp³-hybridized carbons (Fsp3) is 0.585. The van der Waals surface area contributed by atoms with Gasteiger partial charge in [0.25, 0.3) is 0 Å². The Morgan fingerprint density at radius 3 is 2.48 bits per heavy atom. The molecule has 2 fully saturated rings. The summed E-state index contributed by atoms with van der Waals surface area (Å²) in [5, 5.41) is 7.22. The Hall–Kier alpha value is -3.99. The normalized spacial score (nSPS) is 20.4. The summed E-state index contributed by atoms with van der Waals surface area (Å²) in [6, 6.07) is 6.22. The lowest BCUT2D eigenvalue weighted by atomic mass is 9.97. The van der Waals surface area contributed by atoms with Gasteiger partial charge in [-0.25, -0.2) is 9.97 Å². The van der Waals surface area contributed by atoms with Crippen LogP contribution in [0.3, 0.4) is 0 Å². The molecule has 2 aliphatic carbocycles. The summed E-state index contributed by atoms with van der Waals surface area (Å²) in [6.45, 7) is 16.9. The molecule has 2 heterocycles. The number of aryl methyl sites for hydroxylation is 1. The Morgan fingerprint density at radius 1 is 1.12 bits per heavy atom. The maximum atomic E-state index is 13.3. The summed E-state index contributed by atoms with van der Waals surface area (Å²) in [5.74, 6) is 2.43. The number of amides is 2. The van der Waals surface area contributed by atoms with E-state index in [1.165, 1.54) is 6.92 Å². The van der Waals surface area contributed by atoms with Crippen LogP contribution in [0, 0.1) is 24.7 Å². The zero-order valence-electron chi connectivity index (χ0n) is 32.9. The minimum absolute atomic E-state index is 0.0581. The van der Waals surface area contributed by atoms with Crippen molar-refractivity contribution in [3.8, 4) is 22.2 Å². The highest BCUT2D eigenvalue weighted by Crippen LogP contribution is 2.41. The summed E-state index contributed by atoms with van der Waals surface area (Å²) in [6.07, 6.45) is 10.9. The average Bonchev–Trinajstić information content (AvgIpc) is 3.46. The monoisotopic (exact) mass is 736 g/mol. The number of thiazole rings is 1. The largest absolute Gasteiger partial charge is 0.496 e. The van der Waals surface area contributed by atoms with Gasteiger partial charge in [-0.3, -0.25) is 14.4 Å². The number of allylic oxidation sites excluding steroid dienone is 1. The molecule has 5 atom stereocenters. The van der Waals surface area contributed by atoms with E-state index in [9.17, 15) is 14.4 Å². The van der Waals surface area contributed by atoms with Crippen molar-refractivity contribution in [3.05, 3.63) is 47.0 Å². The lowest BCUT2D eigenvalue weighted by Crippen LogP contribution is -2.34. The van der Waals surface area contributed by atoms with E-state index >= 15 is 0 Å². The van der Waals surface area contributed by atoms with E-state index in [1.54, 1.807) is 37.3 Å². The zero-order valence-corrected chi connectivity index (χ0v) is 33.7. The Balaban J connectivity index is 0.000000827. The number of nitrogens with one attached hydrogen (secondary N) is 1. The van der Waals surface area contributed by atoms with Crippen LogP contribution in [0.25, 0.3) is 21.6 Å². The highest BCUT2D eigenvalue weighted by atomic mass is 32.1. The van der Waals surface area contributed by atoms with Gasteiger partial charge in [0.15, 0.2) is 0 Å². The molecule has 1 unspecified atom stereocenters. The topological polar surface area (TPSA) is 120 Å². The van der Waals surface area contributed by atoms with E-state index in [-0.39, 0.29) is 35.9 Å². The maximum Gasteiger partial charge on any atom is 0.302 e. The molecule has 11 heteroatoms. The summed E-state index contributed by atoms with van der Waals surface area (Å²) in [5.41, 5.74) is 3.66. The van der Waals surface area contributed by atoms with E-state index in [2.05, 4.69) is 48.4 Å². The minimum Gasteiger partial charge on any atom is -0.496 e. The molecule has 286 valence electrons. The molecule has 3 aromatic rings. The molecule has 0 saturated heterocycles. The fourth-order valence-corrected chi connectivity index (χ4v) is 7.28. The van der Waals surface area contributed by atoms with Gasteiger partial charge in [-0.05, 0) is 82.3 Å². The SMILES string of the molecule is CC.CCOC(C)=O.COc1ccc2c(O[C@H]3CC(C)[C@H](C(=O)N[C@@H]4C[C@H]4/C=C\CCCCN(C)C=O)C3)cc(-c3nc(C(C)C)cs3)nc2c1C. The van der Waals surface area contributed by atoms with Crippen LogP contribution in [0.15, 0.2) is 35.7 Å². The fourth-order valence-electron chi connectivity index (χ4n) is 6.34. The maximum absolute atomic E-state index is 13.3. The highest BCUT2D eigenvalue weighted by molar-refractivity contribution is 7.13. The Morgan fingerprint density at radius 2 is 1.87 bits per heavy atom. The van der Waals surface area contributed by atoms with Crippen LogP contribution in [0.4, 0.5) is 0 Å². The number of carbonyl (C=O) groups is 3. The van der Waals surface area contributed by atoms with Gasteiger partial charge in [-0.2, -0.15) is 0 Å². The number of hydrogen-bond donors (Lipinski definition) is 1. The van der Waals surface area contributed by atoms with Crippen LogP contribution >= 0.6 is 11.3 Å². The van der Waals surface area contributed by atoms with Gasteiger partial charge in [0.05, 0.1) is 31.0 Å². The first-order valence-electron chi connectivity index (χ1n) is 18.8. The third kappa shape index (κ3) is 12.0. The first kappa shape index (κ1) is 42.4. The Kier molecular flexibility index (Phi) is 17.0. The van der Waals surface area contributed by atoms with Gasteiger partial charge in [-0.15, -0.1) is 11.3 Å². The van der Waals surface area contributed by atoms with Gasteiger partial charge in [0.1, 0.15) is 22.2 Å². The van der Waals surface area contributed by atoms with Crippen LogP contribution in [-0.4, -0.2) is 72.6 Å². The second-order valence-corrected chi connectivity index (χ2v) is 14.6. The number of esters is 1. The molecule has 2 saturated carbocycles. The summed E-state index contributed by atoms with van der Waals surface area (Å²) in [4.78, 5) is 45.4.